The van der Waals surface area contributed by atoms with E-state index < -0.39 is 6.10 Å². The van der Waals surface area contributed by atoms with Gasteiger partial charge in [-0.25, -0.2) is 4.39 Å². The fourth-order valence-corrected chi connectivity index (χ4v) is 3.28. The van der Waals surface area contributed by atoms with E-state index in [4.69, 9.17) is 0 Å². The Morgan fingerprint density at radius 3 is 2.29 bits per heavy atom. The van der Waals surface area contributed by atoms with E-state index in [0.29, 0.717) is 16.5 Å². The Morgan fingerprint density at radius 2 is 1.81 bits per heavy atom. The van der Waals surface area contributed by atoms with E-state index in [9.17, 15) is 9.50 Å². The van der Waals surface area contributed by atoms with Gasteiger partial charge in [0.1, 0.15) is 5.82 Å². The van der Waals surface area contributed by atoms with E-state index in [-0.39, 0.29) is 5.82 Å². The highest BCUT2D eigenvalue weighted by Gasteiger charge is 2.30. The molecule has 2 rings (SSSR count). The Balaban J connectivity index is 2.22. The quantitative estimate of drug-likeness (QED) is 0.871. The predicted molar refractivity (Wildman–Crippen MR) is 86.2 cm³/mol. The molecule has 1 aliphatic rings. The topological polar surface area (TPSA) is 23.5 Å². The average Bonchev–Trinajstić information content (AvgIpc) is 2.40. The molecule has 21 heavy (non-hydrogen) atoms. The van der Waals surface area contributed by atoms with Crippen molar-refractivity contribution < 1.29 is 9.50 Å². The van der Waals surface area contributed by atoms with Crippen LogP contribution in [0.15, 0.2) is 12.1 Å². The molecule has 0 aromatic heterocycles. The third-order valence-electron chi connectivity index (χ3n) is 4.82. The zero-order valence-electron chi connectivity index (χ0n) is 13.9. The van der Waals surface area contributed by atoms with Crippen molar-refractivity contribution >= 4 is 5.69 Å². The van der Waals surface area contributed by atoms with Crippen LogP contribution in [0.1, 0.15) is 57.8 Å². The normalized spacial score (nSPS) is 18.9. The van der Waals surface area contributed by atoms with Crippen LogP contribution in [0.3, 0.4) is 0 Å². The highest BCUT2D eigenvalue weighted by molar-refractivity contribution is 5.57. The van der Waals surface area contributed by atoms with Gasteiger partial charge in [-0.1, -0.05) is 20.8 Å². The van der Waals surface area contributed by atoms with Crippen molar-refractivity contribution in [2.24, 2.45) is 11.3 Å². The maximum absolute atomic E-state index is 13.8. The van der Waals surface area contributed by atoms with Gasteiger partial charge in [0.2, 0.25) is 0 Å². The molecule has 0 aliphatic carbocycles. The van der Waals surface area contributed by atoms with Gasteiger partial charge >= 0.3 is 0 Å². The molecule has 0 spiro atoms. The molecule has 1 aromatic rings. The van der Waals surface area contributed by atoms with Crippen LogP contribution in [-0.4, -0.2) is 18.2 Å². The standard InChI is InChI=1S/C18H28FNO/c1-12-10-17(15(13(2)21)11-16(12)19)20-8-6-14(7-9-20)18(3,4)5/h10-11,13-14,21H,6-9H2,1-5H3. The van der Waals surface area contributed by atoms with Crippen LogP contribution in [0, 0.1) is 24.1 Å². The van der Waals surface area contributed by atoms with Crippen molar-refractivity contribution in [3.05, 3.63) is 29.1 Å². The smallest absolute Gasteiger partial charge is 0.126 e. The molecular formula is C18H28FNO. The largest absolute Gasteiger partial charge is 0.389 e. The summed E-state index contributed by atoms with van der Waals surface area (Å²) in [4.78, 5) is 2.30. The number of anilines is 1. The summed E-state index contributed by atoms with van der Waals surface area (Å²) in [5.41, 5.74) is 2.69. The zero-order valence-corrected chi connectivity index (χ0v) is 13.9. The molecule has 3 heteroatoms. The number of aliphatic hydroxyl groups excluding tert-OH is 1. The van der Waals surface area contributed by atoms with Crippen LogP contribution in [0.25, 0.3) is 0 Å². The molecule has 0 amide bonds. The van der Waals surface area contributed by atoms with E-state index in [1.165, 1.54) is 6.07 Å². The molecule has 1 aromatic carbocycles. The van der Waals surface area contributed by atoms with Gasteiger partial charge in [0.15, 0.2) is 0 Å². The number of piperidine rings is 1. The van der Waals surface area contributed by atoms with Gasteiger partial charge < -0.3 is 10.0 Å². The van der Waals surface area contributed by atoms with Crippen LogP contribution in [-0.2, 0) is 0 Å². The van der Waals surface area contributed by atoms with Gasteiger partial charge in [-0.05, 0) is 55.7 Å². The van der Waals surface area contributed by atoms with E-state index >= 15 is 0 Å². The molecule has 1 unspecified atom stereocenters. The van der Waals surface area contributed by atoms with Gasteiger partial charge in [0.05, 0.1) is 6.10 Å². The number of nitrogens with zero attached hydrogens (tertiary/aromatic N) is 1. The second kappa shape index (κ2) is 5.96. The minimum atomic E-state index is -0.643. The van der Waals surface area contributed by atoms with E-state index in [1.54, 1.807) is 13.8 Å². The van der Waals surface area contributed by atoms with E-state index in [2.05, 4.69) is 25.7 Å². The van der Waals surface area contributed by atoms with Gasteiger partial charge in [0.25, 0.3) is 0 Å². The Morgan fingerprint density at radius 1 is 1.24 bits per heavy atom. The molecule has 1 atom stereocenters. The van der Waals surface area contributed by atoms with Crippen LogP contribution in [0.4, 0.5) is 10.1 Å². The second-order valence-corrected chi connectivity index (χ2v) is 7.46. The Kier molecular flexibility index (Phi) is 4.62. The predicted octanol–water partition coefficient (Wildman–Crippen LogP) is 4.45. The number of aliphatic hydroxyl groups is 1. The van der Waals surface area contributed by atoms with Crippen molar-refractivity contribution in [2.45, 2.75) is 53.6 Å². The monoisotopic (exact) mass is 293 g/mol. The highest BCUT2D eigenvalue weighted by Crippen LogP contribution is 2.37. The first-order valence-corrected chi connectivity index (χ1v) is 7.93. The maximum Gasteiger partial charge on any atom is 0.126 e. The molecule has 1 heterocycles. The first kappa shape index (κ1) is 16.3. The summed E-state index contributed by atoms with van der Waals surface area (Å²) >= 11 is 0. The molecular weight excluding hydrogens is 265 g/mol. The molecule has 1 saturated heterocycles. The van der Waals surface area contributed by atoms with Gasteiger partial charge in [-0.15, -0.1) is 0 Å². The summed E-state index contributed by atoms with van der Waals surface area (Å²) in [5.74, 6) is 0.490. The summed E-state index contributed by atoms with van der Waals surface area (Å²) < 4.78 is 13.8. The Labute approximate surface area is 128 Å². The lowest BCUT2D eigenvalue weighted by atomic mass is 9.75. The lowest BCUT2D eigenvalue weighted by Gasteiger charge is -2.40. The number of halogens is 1. The number of benzene rings is 1. The molecule has 0 radical (unpaired) electrons. The van der Waals surface area contributed by atoms with E-state index in [1.807, 2.05) is 6.07 Å². The SMILES string of the molecule is Cc1cc(N2CCC(C(C)(C)C)CC2)c(C(C)O)cc1F. The molecule has 0 bridgehead atoms. The van der Waals surface area contributed by atoms with Gasteiger partial charge in [-0.2, -0.15) is 0 Å². The first-order chi connectivity index (χ1) is 9.70. The molecule has 1 fully saturated rings. The van der Waals surface area contributed by atoms with Gasteiger partial charge in [-0.3, -0.25) is 0 Å². The van der Waals surface area contributed by atoms with Crippen LogP contribution < -0.4 is 4.90 Å². The Hall–Kier alpha value is -1.09. The molecule has 2 nitrogen and oxygen atoms in total. The van der Waals surface area contributed by atoms with Crippen molar-refractivity contribution in [2.75, 3.05) is 18.0 Å². The number of hydrogen-bond acceptors (Lipinski definition) is 2. The van der Waals surface area contributed by atoms with Gasteiger partial charge in [0, 0.05) is 24.3 Å². The zero-order chi connectivity index (χ0) is 15.8. The van der Waals surface area contributed by atoms with Crippen LogP contribution in [0.2, 0.25) is 0 Å². The minimum Gasteiger partial charge on any atom is -0.389 e. The van der Waals surface area contributed by atoms with Crippen molar-refractivity contribution in [1.82, 2.24) is 0 Å². The lowest BCUT2D eigenvalue weighted by Crippen LogP contribution is -2.38. The third-order valence-corrected chi connectivity index (χ3v) is 4.82. The Bertz CT molecular complexity index is 497. The average molecular weight is 293 g/mol. The summed E-state index contributed by atoms with van der Waals surface area (Å²) in [5, 5.41) is 9.94. The van der Waals surface area contributed by atoms with Crippen molar-refractivity contribution in [3.8, 4) is 0 Å². The van der Waals surface area contributed by atoms with Crippen LogP contribution in [0.5, 0.6) is 0 Å². The lowest BCUT2D eigenvalue weighted by molar-refractivity contribution is 0.193. The number of rotatable bonds is 2. The highest BCUT2D eigenvalue weighted by atomic mass is 19.1. The summed E-state index contributed by atoms with van der Waals surface area (Å²) in [7, 11) is 0. The first-order valence-electron chi connectivity index (χ1n) is 7.93. The third kappa shape index (κ3) is 3.57. The van der Waals surface area contributed by atoms with Crippen molar-refractivity contribution in [3.63, 3.8) is 0 Å². The number of hydrogen-bond donors (Lipinski definition) is 1. The number of aryl methyl sites for hydroxylation is 1. The minimum absolute atomic E-state index is 0.237. The second-order valence-electron chi connectivity index (χ2n) is 7.46. The van der Waals surface area contributed by atoms with Crippen LogP contribution >= 0.6 is 0 Å². The summed E-state index contributed by atoms with van der Waals surface area (Å²) in [6, 6.07) is 3.37. The fraction of sp³-hybridized carbons (Fsp3) is 0.667. The van der Waals surface area contributed by atoms with Crippen molar-refractivity contribution in [1.29, 1.82) is 0 Å². The molecule has 0 saturated carbocycles. The summed E-state index contributed by atoms with van der Waals surface area (Å²) in [6.07, 6.45) is 1.66. The molecule has 118 valence electrons. The maximum atomic E-state index is 13.8. The van der Waals surface area contributed by atoms with E-state index in [0.717, 1.165) is 37.5 Å². The summed E-state index contributed by atoms with van der Waals surface area (Å²) in [6.45, 7) is 12.4. The fourth-order valence-electron chi connectivity index (χ4n) is 3.28. The molecule has 1 N–H and O–H groups in total. The molecule has 1 aliphatic heterocycles.